The van der Waals surface area contributed by atoms with Crippen LogP contribution in [-0.4, -0.2) is 60.3 Å². The summed E-state index contributed by atoms with van der Waals surface area (Å²) in [6.07, 6.45) is 0. The lowest BCUT2D eigenvalue weighted by Crippen LogP contribution is -2.46. The van der Waals surface area contributed by atoms with Gasteiger partial charge in [-0.3, -0.25) is 4.90 Å². The minimum Gasteiger partial charge on any atom is -0.495 e. The first kappa shape index (κ1) is 21.7. The number of para-hydroxylation sites is 2. The van der Waals surface area contributed by atoms with E-state index in [9.17, 15) is 0 Å². The van der Waals surface area contributed by atoms with Crippen LogP contribution in [0.5, 0.6) is 5.75 Å². The predicted octanol–water partition coefficient (Wildman–Crippen LogP) is 2.94. The summed E-state index contributed by atoms with van der Waals surface area (Å²) < 4.78 is 6.62. The summed E-state index contributed by atoms with van der Waals surface area (Å²) in [4.78, 5) is 23.1. The maximum Gasteiger partial charge on any atom is 0.414 e. The summed E-state index contributed by atoms with van der Waals surface area (Å²) in [5.41, 5.74) is 2.56. The van der Waals surface area contributed by atoms with Crippen molar-refractivity contribution in [2.45, 2.75) is 6.54 Å². The fourth-order valence-electron chi connectivity index (χ4n) is 2.93. The molecule has 1 aliphatic rings. The average Bonchev–Trinajstić information content (AvgIpc) is 2.69. The zero-order chi connectivity index (χ0) is 20.5. The first-order chi connectivity index (χ1) is 13.4. The van der Waals surface area contributed by atoms with E-state index in [0.29, 0.717) is 0 Å². The van der Waals surface area contributed by atoms with Gasteiger partial charge in [-0.05, 0) is 29.8 Å². The molecule has 28 heavy (non-hydrogen) atoms. The van der Waals surface area contributed by atoms with Crippen molar-refractivity contribution in [2.75, 3.05) is 38.2 Å². The molecule has 0 saturated carbocycles. The normalized spacial score (nSPS) is 14.0. The number of carboxylic acid groups (broad SMARTS) is 2. The monoisotopic (exact) mass is 450 g/mol. The molecule has 2 aromatic carbocycles. The van der Waals surface area contributed by atoms with Crippen LogP contribution in [-0.2, 0) is 16.1 Å². The fourth-order valence-corrected chi connectivity index (χ4v) is 3.38. The molecule has 0 aliphatic carbocycles. The lowest BCUT2D eigenvalue weighted by Gasteiger charge is -2.36. The van der Waals surface area contributed by atoms with Gasteiger partial charge in [-0.1, -0.05) is 40.2 Å². The lowest BCUT2D eigenvalue weighted by atomic mass is 10.2. The van der Waals surface area contributed by atoms with Gasteiger partial charge in [-0.25, -0.2) is 9.59 Å². The number of carbonyl (C=O) groups is 2. The summed E-state index contributed by atoms with van der Waals surface area (Å²) in [5.74, 6) is -2.69. The van der Waals surface area contributed by atoms with Gasteiger partial charge in [-0.2, -0.15) is 0 Å². The minimum absolute atomic E-state index is 0.961. The topological polar surface area (TPSA) is 90.3 Å². The summed E-state index contributed by atoms with van der Waals surface area (Å²) in [6.45, 7) is 5.23. The summed E-state index contributed by atoms with van der Waals surface area (Å²) in [6, 6.07) is 16.8. The van der Waals surface area contributed by atoms with Crippen LogP contribution < -0.4 is 9.64 Å². The van der Waals surface area contributed by atoms with E-state index in [1.165, 1.54) is 11.3 Å². The molecule has 0 bridgehead atoms. The second-order valence-corrected chi connectivity index (χ2v) is 7.09. The number of nitrogens with zero attached hydrogens (tertiary/aromatic N) is 2. The molecular formula is C20H23BrN2O5. The van der Waals surface area contributed by atoms with Gasteiger partial charge in [-0.15, -0.1) is 0 Å². The Morgan fingerprint density at radius 2 is 1.64 bits per heavy atom. The van der Waals surface area contributed by atoms with E-state index in [0.717, 1.165) is 42.9 Å². The Balaban J connectivity index is 0.000000409. The minimum atomic E-state index is -1.82. The van der Waals surface area contributed by atoms with Crippen LogP contribution in [0.15, 0.2) is 53.0 Å². The van der Waals surface area contributed by atoms with Crippen molar-refractivity contribution in [1.29, 1.82) is 0 Å². The molecule has 1 heterocycles. The van der Waals surface area contributed by atoms with E-state index in [1.54, 1.807) is 7.11 Å². The molecule has 3 rings (SSSR count). The number of carboxylic acids is 2. The van der Waals surface area contributed by atoms with Gasteiger partial charge in [0.1, 0.15) is 5.75 Å². The Labute approximate surface area is 172 Å². The smallest absolute Gasteiger partial charge is 0.414 e. The molecule has 1 aliphatic heterocycles. The molecule has 0 unspecified atom stereocenters. The Hall–Kier alpha value is -2.58. The fraction of sp³-hybridized carbons (Fsp3) is 0.300. The number of methoxy groups -OCH3 is 1. The third-order valence-corrected chi connectivity index (χ3v) is 4.77. The zero-order valence-electron chi connectivity index (χ0n) is 15.5. The van der Waals surface area contributed by atoms with Crippen LogP contribution in [0.3, 0.4) is 0 Å². The van der Waals surface area contributed by atoms with Crippen LogP contribution in [0, 0.1) is 0 Å². The van der Waals surface area contributed by atoms with Gasteiger partial charge in [0.05, 0.1) is 12.8 Å². The molecule has 0 atom stereocenters. The Bertz CT molecular complexity index is 795. The van der Waals surface area contributed by atoms with Gasteiger partial charge in [0.15, 0.2) is 0 Å². The highest BCUT2D eigenvalue weighted by atomic mass is 79.9. The number of hydrogen-bond donors (Lipinski definition) is 2. The molecule has 1 fully saturated rings. The van der Waals surface area contributed by atoms with Crippen LogP contribution in [0.1, 0.15) is 5.56 Å². The third kappa shape index (κ3) is 6.54. The van der Waals surface area contributed by atoms with E-state index < -0.39 is 11.9 Å². The number of hydrogen-bond acceptors (Lipinski definition) is 5. The van der Waals surface area contributed by atoms with Gasteiger partial charge in [0.2, 0.25) is 0 Å². The number of piperazine rings is 1. The molecule has 0 aromatic heterocycles. The van der Waals surface area contributed by atoms with Crippen molar-refractivity contribution < 1.29 is 24.5 Å². The van der Waals surface area contributed by atoms with E-state index in [2.05, 4.69) is 62.1 Å². The van der Waals surface area contributed by atoms with E-state index in [1.807, 2.05) is 12.1 Å². The van der Waals surface area contributed by atoms with Crippen LogP contribution in [0.2, 0.25) is 0 Å². The second kappa shape index (κ2) is 10.7. The number of aliphatic carboxylic acids is 2. The molecule has 150 valence electrons. The van der Waals surface area contributed by atoms with Crippen molar-refractivity contribution in [2.24, 2.45) is 0 Å². The predicted molar refractivity (Wildman–Crippen MR) is 110 cm³/mol. The molecule has 0 spiro atoms. The number of benzene rings is 2. The maximum absolute atomic E-state index is 9.10. The molecule has 7 nitrogen and oxygen atoms in total. The highest BCUT2D eigenvalue weighted by Crippen LogP contribution is 2.28. The average molecular weight is 451 g/mol. The zero-order valence-corrected chi connectivity index (χ0v) is 17.1. The van der Waals surface area contributed by atoms with E-state index in [-0.39, 0.29) is 0 Å². The van der Waals surface area contributed by atoms with E-state index in [4.69, 9.17) is 24.5 Å². The SMILES string of the molecule is COc1ccccc1N1CCN(Cc2cccc(Br)c2)CC1.O=C(O)C(=O)O. The standard InChI is InChI=1S/C18H21BrN2O.C2H2O4/c1-22-18-8-3-2-7-17(18)21-11-9-20(10-12-21)14-15-5-4-6-16(19)13-15;3-1(4)2(5)6/h2-8,13H,9-12,14H2,1H3;(H,3,4)(H,5,6). The highest BCUT2D eigenvalue weighted by molar-refractivity contribution is 9.10. The number of ether oxygens (including phenoxy) is 1. The van der Waals surface area contributed by atoms with Crippen LogP contribution in [0.4, 0.5) is 5.69 Å². The Morgan fingerprint density at radius 3 is 2.21 bits per heavy atom. The number of rotatable bonds is 4. The summed E-state index contributed by atoms with van der Waals surface area (Å²) in [5, 5.41) is 14.8. The van der Waals surface area contributed by atoms with Gasteiger partial charge in [0, 0.05) is 37.2 Å². The lowest BCUT2D eigenvalue weighted by molar-refractivity contribution is -0.159. The van der Waals surface area contributed by atoms with Gasteiger partial charge >= 0.3 is 11.9 Å². The molecular weight excluding hydrogens is 428 g/mol. The maximum atomic E-state index is 9.10. The third-order valence-electron chi connectivity index (χ3n) is 4.28. The first-order valence-corrected chi connectivity index (χ1v) is 9.51. The van der Waals surface area contributed by atoms with Gasteiger partial charge in [0.25, 0.3) is 0 Å². The second-order valence-electron chi connectivity index (χ2n) is 6.18. The van der Waals surface area contributed by atoms with Gasteiger partial charge < -0.3 is 19.8 Å². The molecule has 1 saturated heterocycles. The molecule has 2 aromatic rings. The van der Waals surface area contributed by atoms with Crippen molar-refractivity contribution in [3.05, 3.63) is 58.6 Å². The number of halogens is 1. The van der Waals surface area contributed by atoms with Crippen molar-refractivity contribution in [3.8, 4) is 5.75 Å². The Kier molecular flexibility index (Phi) is 8.28. The Morgan fingerprint density at radius 1 is 1.00 bits per heavy atom. The summed E-state index contributed by atoms with van der Waals surface area (Å²) >= 11 is 3.54. The molecule has 0 amide bonds. The van der Waals surface area contributed by atoms with Crippen LogP contribution in [0.25, 0.3) is 0 Å². The van der Waals surface area contributed by atoms with Crippen LogP contribution >= 0.6 is 15.9 Å². The quantitative estimate of drug-likeness (QED) is 0.691. The summed E-state index contributed by atoms with van der Waals surface area (Å²) in [7, 11) is 1.74. The molecule has 0 radical (unpaired) electrons. The van der Waals surface area contributed by atoms with Crippen molar-refractivity contribution >= 4 is 33.6 Å². The van der Waals surface area contributed by atoms with Crippen molar-refractivity contribution in [3.63, 3.8) is 0 Å². The molecule has 2 N–H and O–H groups in total. The van der Waals surface area contributed by atoms with E-state index >= 15 is 0 Å². The largest absolute Gasteiger partial charge is 0.495 e. The molecule has 8 heteroatoms. The highest BCUT2D eigenvalue weighted by Gasteiger charge is 2.19. The first-order valence-electron chi connectivity index (χ1n) is 8.71. The number of anilines is 1. The van der Waals surface area contributed by atoms with Crippen molar-refractivity contribution in [1.82, 2.24) is 4.90 Å².